The zero-order chi connectivity index (χ0) is 16.0. The SMILES string of the molecule is CCNc1nc(C(C)C)nc(N(CCC#N)C(C)C)c1C. The number of nitrogens with one attached hydrogen (secondary N) is 1. The normalized spacial score (nSPS) is 10.8. The molecule has 1 aromatic rings. The van der Waals surface area contributed by atoms with E-state index in [0.717, 1.165) is 29.6 Å². The smallest absolute Gasteiger partial charge is 0.137 e. The average molecular weight is 289 g/mol. The minimum Gasteiger partial charge on any atom is -0.370 e. The Kier molecular flexibility index (Phi) is 6.41. The third-order valence-electron chi connectivity index (χ3n) is 3.36. The topological polar surface area (TPSA) is 64.8 Å². The molecule has 1 N–H and O–H groups in total. The molecule has 0 bridgehead atoms. The molecule has 0 unspecified atom stereocenters. The molecule has 1 heterocycles. The van der Waals surface area contributed by atoms with Crippen LogP contribution in [-0.4, -0.2) is 29.1 Å². The van der Waals surface area contributed by atoms with Crippen LogP contribution in [0.4, 0.5) is 11.6 Å². The highest BCUT2D eigenvalue weighted by Crippen LogP contribution is 2.27. The standard InChI is InChI=1S/C16H27N5/c1-7-18-15-13(6)16(20-14(19-15)11(2)3)21(12(4)5)10-8-9-17/h11-12H,7-8,10H2,1-6H3,(H,18,19,20). The first kappa shape index (κ1) is 17.2. The summed E-state index contributed by atoms with van der Waals surface area (Å²) in [5, 5.41) is 12.2. The van der Waals surface area contributed by atoms with Crippen LogP contribution in [0.5, 0.6) is 0 Å². The predicted octanol–water partition coefficient (Wildman–Crippen LogP) is 3.47. The van der Waals surface area contributed by atoms with Gasteiger partial charge in [-0.3, -0.25) is 0 Å². The highest BCUT2D eigenvalue weighted by Gasteiger charge is 2.19. The fraction of sp³-hybridized carbons (Fsp3) is 0.688. The van der Waals surface area contributed by atoms with E-state index in [1.165, 1.54) is 0 Å². The van der Waals surface area contributed by atoms with Gasteiger partial charge in [0, 0.05) is 30.6 Å². The molecule has 0 aromatic carbocycles. The van der Waals surface area contributed by atoms with Gasteiger partial charge in [-0.2, -0.15) is 5.26 Å². The lowest BCUT2D eigenvalue weighted by atomic mass is 10.1. The second-order valence-electron chi connectivity index (χ2n) is 5.76. The summed E-state index contributed by atoms with van der Waals surface area (Å²) in [6.07, 6.45) is 0.495. The first-order chi connectivity index (χ1) is 9.92. The summed E-state index contributed by atoms with van der Waals surface area (Å²) in [4.78, 5) is 11.6. The molecule has 1 aromatic heterocycles. The van der Waals surface area contributed by atoms with E-state index in [9.17, 15) is 0 Å². The molecule has 21 heavy (non-hydrogen) atoms. The number of anilines is 2. The molecule has 5 heteroatoms. The molecule has 0 radical (unpaired) electrons. The van der Waals surface area contributed by atoms with E-state index in [0.29, 0.717) is 19.0 Å². The van der Waals surface area contributed by atoms with Gasteiger partial charge in [0.1, 0.15) is 17.5 Å². The van der Waals surface area contributed by atoms with Crippen LogP contribution in [-0.2, 0) is 0 Å². The maximum absolute atomic E-state index is 8.87. The number of rotatable bonds is 7. The van der Waals surface area contributed by atoms with Crippen molar-refractivity contribution in [2.45, 2.75) is 59.9 Å². The molecule has 0 saturated heterocycles. The van der Waals surface area contributed by atoms with E-state index in [2.05, 4.69) is 55.9 Å². The van der Waals surface area contributed by atoms with Gasteiger partial charge in [0.2, 0.25) is 0 Å². The fourth-order valence-electron chi connectivity index (χ4n) is 2.18. The summed E-state index contributed by atoms with van der Waals surface area (Å²) in [5.74, 6) is 2.95. The van der Waals surface area contributed by atoms with Crippen molar-refractivity contribution in [2.75, 3.05) is 23.3 Å². The van der Waals surface area contributed by atoms with Crippen LogP contribution < -0.4 is 10.2 Å². The molecule has 0 aliphatic carbocycles. The highest BCUT2D eigenvalue weighted by molar-refractivity contribution is 5.59. The summed E-state index contributed by atoms with van der Waals surface area (Å²) in [7, 11) is 0. The second-order valence-corrected chi connectivity index (χ2v) is 5.76. The maximum atomic E-state index is 8.87. The van der Waals surface area contributed by atoms with Gasteiger partial charge in [0.15, 0.2) is 0 Å². The Balaban J connectivity index is 3.33. The summed E-state index contributed by atoms with van der Waals surface area (Å²) in [6.45, 7) is 14.1. The van der Waals surface area contributed by atoms with Crippen molar-refractivity contribution in [3.63, 3.8) is 0 Å². The van der Waals surface area contributed by atoms with E-state index < -0.39 is 0 Å². The molecule has 0 fully saturated rings. The van der Waals surface area contributed by atoms with Crippen LogP contribution in [0.15, 0.2) is 0 Å². The van der Waals surface area contributed by atoms with Crippen LogP contribution in [0.2, 0.25) is 0 Å². The molecule has 0 saturated carbocycles. The number of nitriles is 1. The number of aromatic nitrogens is 2. The number of hydrogen-bond donors (Lipinski definition) is 1. The van der Waals surface area contributed by atoms with Crippen LogP contribution in [0.25, 0.3) is 0 Å². The summed E-state index contributed by atoms with van der Waals surface area (Å²) in [5.41, 5.74) is 1.05. The second kappa shape index (κ2) is 7.82. The Morgan fingerprint density at radius 1 is 1.24 bits per heavy atom. The van der Waals surface area contributed by atoms with Gasteiger partial charge in [-0.25, -0.2) is 9.97 Å². The summed E-state index contributed by atoms with van der Waals surface area (Å²) < 4.78 is 0. The van der Waals surface area contributed by atoms with Gasteiger partial charge >= 0.3 is 0 Å². The Bertz CT molecular complexity index is 502. The highest BCUT2D eigenvalue weighted by atomic mass is 15.2. The number of hydrogen-bond acceptors (Lipinski definition) is 5. The first-order valence-corrected chi connectivity index (χ1v) is 7.68. The van der Waals surface area contributed by atoms with Crippen molar-refractivity contribution in [1.82, 2.24) is 9.97 Å². The van der Waals surface area contributed by atoms with E-state index in [4.69, 9.17) is 10.2 Å². The largest absolute Gasteiger partial charge is 0.370 e. The minimum absolute atomic E-state index is 0.270. The van der Waals surface area contributed by atoms with Crippen LogP contribution in [0, 0.1) is 18.3 Å². The van der Waals surface area contributed by atoms with Crippen molar-refractivity contribution in [3.8, 4) is 6.07 Å². The van der Waals surface area contributed by atoms with Gasteiger partial charge in [0.05, 0.1) is 12.5 Å². The molecule has 116 valence electrons. The molecule has 0 atom stereocenters. The Labute approximate surface area is 128 Å². The van der Waals surface area contributed by atoms with Crippen LogP contribution >= 0.6 is 0 Å². The van der Waals surface area contributed by atoms with Crippen LogP contribution in [0.3, 0.4) is 0 Å². The van der Waals surface area contributed by atoms with E-state index in [1.54, 1.807) is 0 Å². The van der Waals surface area contributed by atoms with Gasteiger partial charge in [-0.15, -0.1) is 0 Å². The van der Waals surface area contributed by atoms with Crippen molar-refractivity contribution < 1.29 is 0 Å². The van der Waals surface area contributed by atoms with E-state index in [-0.39, 0.29) is 5.92 Å². The molecule has 0 spiro atoms. The zero-order valence-corrected chi connectivity index (χ0v) is 14.1. The van der Waals surface area contributed by atoms with Crippen LogP contribution in [0.1, 0.15) is 58.3 Å². The average Bonchev–Trinajstić information content (AvgIpc) is 2.42. The molecule has 0 aliphatic heterocycles. The van der Waals surface area contributed by atoms with E-state index in [1.807, 2.05) is 6.92 Å². The molecule has 5 nitrogen and oxygen atoms in total. The van der Waals surface area contributed by atoms with Crippen molar-refractivity contribution in [2.24, 2.45) is 0 Å². The monoisotopic (exact) mass is 289 g/mol. The lowest BCUT2D eigenvalue weighted by Crippen LogP contribution is -2.33. The van der Waals surface area contributed by atoms with Crippen molar-refractivity contribution in [1.29, 1.82) is 5.26 Å². The molecule has 0 amide bonds. The molecule has 1 rings (SSSR count). The van der Waals surface area contributed by atoms with E-state index >= 15 is 0 Å². The van der Waals surface area contributed by atoms with Gasteiger partial charge < -0.3 is 10.2 Å². The quantitative estimate of drug-likeness (QED) is 0.832. The summed E-state index contributed by atoms with van der Waals surface area (Å²) >= 11 is 0. The third-order valence-corrected chi connectivity index (χ3v) is 3.36. The first-order valence-electron chi connectivity index (χ1n) is 7.68. The zero-order valence-electron chi connectivity index (χ0n) is 14.1. The van der Waals surface area contributed by atoms with Gasteiger partial charge in [-0.05, 0) is 27.7 Å². The lowest BCUT2D eigenvalue weighted by Gasteiger charge is -2.29. The summed E-state index contributed by atoms with van der Waals surface area (Å²) in [6, 6.07) is 2.51. The lowest BCUT2D eigenvalue weighted by molar-refractivity contribution is 0.663. The molecule has 0 aliphatic rings. The maximum Gasteiger partial charge on any atom is 0.137 e. The molecular weight excluding hydrogens is 262 g/mol. The number of nitrogens with zero attached hydrogens (tertiary/aromatic N) is 4. The Hall–Kier alpha value is -1.83. The minimum atomic E-state index is 0.270. The molecular formula is C16H27N5. The Morgan fingerprint density at radius 3 is 2.38 bits per heavy atom. The van der Waals surface area contributed by atoms with Crippen molar-refractivity contribution >= 4 is 11.6 Å². The fourth-order valence-corrected chi connectivity index (χ4v) is 2.18. The third kappa shape index (κ3) is 4.32. The van der Waals surface area contributed by atoms with Crippen molar-refractivity contribution in [3.05, 3.63) is 11.4 Å². The predicted molar refractivity (Wildman–Crippen MR) is 87.7 cm³/mol. The Morgan fingerprint density at radius 2 is 1.90 bits per heavy atom. The van der Waals surface area contributed by atoms with Gasteiger partial charge in [-0.1, -0.05) is 13.8 Å². The van der Waals surface area contributed by atoms with Gasteiger partial charge in [0.25, 0.3) is 0 Å².